The van der Waals surface area contributed by atoms with Crippen molar-refractivity contribution in [2.75, 3.05) is 0 Å². The normalized spacial score (nSPS) is 12.7. The van der Waals surface area contributed by atoms with E-state index in [1.165, 1.54) is 0 Å². The molecule has 0 aromatic carbocycles. The Labute approximate surface area is 95.1 Å². The number of aromatic nitrogens is 3. The van der Waals surface area contributed by atoms with Gasteiger partial charge in [0, 0.05) is 24.6 Å². The molecular formula is C12H16N4. The lowest BCUT2D eigenvalue weighted by atomic mass is 10.1. The average molecular weight is 216 g/mol. The van der Waals surface area contributed by atoms with Gasteiger partial charge in [0.25, 0.3) is 0 Å². The van der Waals surface area contributed by atoms with Crippen molar-refractivity contribution in [3.63, 3.8) is 0 Å². The van der Waals surface area contributed by atoms with Crippen LogP contribution in [0.5, 0.6) is 0 Å². The van der Waals surface area contributed by atoms with E-state index in [1.807, 2.05) is 37.0 Å². The van der Waals surface area contributed by atoms with Crippen LogP contribution in [0, 0.1) is 6.92 Å². The Kier molecular flexibility index (Phi) is 3.01. The van der Waals surface area contributed by atoms with E-state index in [4.69, 9.17) is 5.73 Å². The first kappa shape index (κ1) is 10.8. The number of hydrogen-bond donors (Lipinski definition) is 1. The van der Waals surface area contributed by atoms with Gasteiger partial charge in [-0.3, -0.25) is 4.98 Å². The van der Waals surface area contributed by atoms with Crippen LogP contribution in [0.25, 0.3) is 5.69 Å². The summed E-state index contributed by atoms with van der Waals surface area (Å²) >= 11 is 0. The number of pyridine rings is 1. The molecule has 84 valence electrons. The molecule has 16 heavy (non-hydrogen) atoms. The molecule has 2 aromatic heterocycles. The first-order valence-electron chi connectivity index (χ1n) is 5.36. The largest absolute Gasteiger partial charge is 0.328 e. The van der Waals surface area contributed by atoms with Crippen LogP contribution in [-0.2, 0) is 6.42 Å². The Morgan fingerprint density at radius 2 is 2.25 bits per heavy atom. The van der Waals surface area contributed by atoms with E-state index in [2.05, 4.69) is 16.0 Å². The summed E-state index contributed by atoms with van der Waals surface area (Å²) in [5, 5.41) is 0. The molecule has 0 saturated heterocycles. The molecule has 2 heterocycles. The Morgan fingerprint density at radius 1 is 1.44 bits per heavy atom. The molecule has 1 atom stereocenters. The molecule has 0 saturated carbocycles. The molecule has 0 bridgehead atoms. The highest BCUT2D eigenvalue weighted by Gasteiger charge is 2.03. The van der Waals surface area contributed by atoms with Crippen LogP contribution >= 0.6 is 0 Å². The van der Waals surface area contributed by atoms with Gasteiger partial charge in [-0.15, -0.1) is 0 Å². The third kappa shape index (κ3) is 2.28. The van der Waals surface area contributed by atoms with Gasteiger partial charge in [-0.25, -0.2) is 4.98 Å². The van der Waals surface area contributed by atoms with Crippen LogP contribution in [0.15, 0.2) is 30.9 Å². The molecular weight excluding hydrogens is 200 g/mol. The van der Waals surface area contributed by atoms with Crippen LogP contribution in [-0.4, -0.2) is 20.6 Å². The lowest BCUT2D eigenvalue weighted by Crippen LogP contribution is -2.18. The quantitative estimate of drug-likeness (QED) is 0.845. The molecule has 4 heteroatoms. The molecule has 0 radical (unpaired) electrons. The van der Waals surface area contributed by atoms with Gasteiger partial charge in [-0.05, 0) is 31.9 Å². The maximum absolute atomic E-state index is 5.78. The maximum Gasteiger partial charge on any atom is 0.110 e. The second-order valence-electron chi connectivity index (χ2n) is 4.08. The number of imidazole rings is 1. The van der Waals surface area contributed by atoms with E-state index in [-0.39, 0.29) is 6.04 Å². The van der Waals surface area contributed by atoms with Gasteiger partial charge in [0.05, 0.1) is 11.9 Å². The van der Waals surface area contributed by atoms with Crippen LogP contribution in [0.2, 0.25) is 0 Å². The van der Waals surface area contributed by atoms with Gasteiger partial charge in [-0.2, -0.15) is 0 Å². The summed E-state index contributed by atoms with van der Waals surface area (Å²) in [6, 6.07) is 2.26. The SMILES string of the molecule is Cc1nccn1-c1cncc(CC(C)N)c1. The summed E-state index contributed by atoms with van der Waals surface area (Å²) in [5.74, 6) is 0.958. The standard InChI is InChI=1S/C12H16N4/c1-9(13)5-11-6-12(8-14-7-11)16-4-3-15-10(16)2/h3-4,6-9H,5,13H2,1-2H3. The predicted octanol–water partition coefficient (Wildman–Crippen LogP) is 1.47. The van der Waals surface area contributed by atoms with E-state index < -0.39 is 0 Å². The number of nitrogens with two attached hydrogens (primary N) is 1. The summed E-state index contributed by atoms with van der Waals surface area (Å²) in [6.45, 7) is 3.97. The van der Waals surface area contributed by atoms with Gasteiger partial charge < -0.3 is 10.3 Å². The highest BCUT2D eigenvalue weighted by molar-refractivity contribution is 5.33. The van der Waals surface area contributed by atoms with Gasteiger partial charge in [0.15, 0.2) is 0 Å². The lowest BCUT2D eigenvalue weighted by molar-refractivity contribution is 0.734. The zero-order valence-electron chi connectivity index (χ0n) is 9.59. The Balaban J connectivity index is 2.33. The van der Waals surface area contributed by atoms with Crippen molar-refractivity contribution >= 4 is 0 Å². The molecule has 0 fully saturated rings. The van der Waals surface area contributed by atoms with Crippen molar-refractivity contribution in [2.45, 2.75) is 26.3 Å². The third-order valence-electron chi connectivity index (χ3n) is 2.44. The number of nitrogens with zero attached hydrogens (tertiary/aromatic N) is 3. The third-order valence-corrected chi connectivity index (χ3v) is 2.44. The lowest BCUT2D eigenvalue weighted by Gasteiger charge is -2.08. The van der Waals surface area contributed by atoms with Gasteiger partial charge in [-0.1, -0.05) is 0 Å². The Bertz CT molecular complexity index is 473. The molecule has 0 spiro atoms. The van der Waals surface area contributed by atoms with Crippen molar-refractivity contribution in [3.8, 4) is 5.69 Å². The average Bonchev–Trinajstić information content (AvgIpc) is 2.64. The second kappa shape index (κ2) is 4.45. The Morgan fingerprint density at radius 3 is 2.88 bits per heavy atom. The fourth-order valence-corrected chi connectivity index (χ4v) is 1.74. The Hall–Kier alpha value is -1.68. The van der Waals surface area contributed by atoms with Crippen molar-refractivity contribution in [1.82, 2.24) is 14.5 Å². The molecule has 0 aliphatic heterocycles. The molecule has 2 N–H and O–H groups in total. The highest BCUT2D eigenvalue weighted by Crippen LogP contribution is 2.11. The molecule has 2 aromatic rings. The zero-order valence-corrected chi connectivity index (χ0v) is 9.59. The molecule has 2 rings (SSSR count). The maximum atomic E-state index is 5.78. The minimum Gasteiger partial charge on any atom is -0.328 e. The monoisotopic (exact) mass is 216 g/mol. The van der Waals surface area contributed by atoms with E-state index in [0.717, 1.165) is 23.5 Å². The van der Waals surface area contributed by atoms with Crippen LogP contribution < -0.4 is 5.73 Å². The molecule has 0 amide bonds. The topological polar surface area (TPSA) is 56.7 Å². The van der Waals surface area contributed by atoms with E-state index >= 15 is 0 Å². The second-order valence-corrected chi connectivity index (χ2v) is 4.08. The predicted molar refractivity (Wildman–Crippen MR) is 63.4 cm³/mol. The van der Waals surface area contributed by atoms with Crippen molar-refractivity contribution < 1.29 is 0 Å². The fourth-order valence-electron chi connectivity index (χ4n) is 1.74. The van der Waals surface area contributed by atoms with Crippen molar-refractivity contribution in [1.29, 1.82) is 0 Å². The van der Waals surface area contributed by atoms with Crippen molar-refractivity contribution in [3.05, 3.63) is 42.2 Å². The van der Waals surface area contributed by atoms with Crippen LogP contribution in [0.3, 0.4) is 0 Å². The first-order valence-corrected chi connectivity index (χ1v) is 5.36. The minimum atomic E-state index is 0.154. The number of aryl methyl sites for hydroxylation is 1. The summed E-state index contributed by atoms with van der Waals surface area (Å²) in [6.07, 6.45) is 8.25. The molecule has 0 aliphatic rings. The van der Waals surface area contributed by atoms with Crippen LogP contribution in [0.4, 0.5) is 0 Å². The summed E-state index contributed by atoms with van der Waals surface area (Å²) < 4.78 is 2.01. The first-order chi connectivity index (χ1) is 7.66. The van der Waals surface area contributed by atoms with Crippen molar-refractivity contribution in [2.24, 2.45) is 5.73 Å². The van der Waals surface area contributed by atoms with Crippen LogP contribution in [0.1, 0.15) is 18.3 Å². The molecule has 4 nitrogen and oxygen atoms in total. The number of rotatable bonds is 3. The van der Waals surface area contributed by atoms with Gasteiger partial charge in [0.2, 0.25) is 0 Å². The molecule has 1 unspecified atom stereocenters. The van der Waals surface area contributed by atoms with E-state index in [9.17, 15) is 0 Å². The zero-order chi connectivity index (χ0) is 11.5. The number of hydrogen-bond acceptors (Lipinski definition) is 3. The van der Waals surface area contributed by atoms with Gasteiger partial charge in [0.1, 0.15) is 5.82 Å². The minimum absolute atomic E-state index is 0.154. The summed E-state index contributed by atoms with van der Waals surface area (Å²) in [4.78, 5) is 8.42. The summed E-state index contributed by atoms with van der Waals surface area (Å²) in [7, 11) is 0. The van der Waals surface area contributed by atoms with E-state index in [0.29, 0.717) is 0 Å². The highest BCUT2D eigenvalue weighted by atomic mass is 15.1. The van der Waals surface area contributed by atoms with E-state index in [1.54, 1.807) is 6.20 Å². The van der Waals surface area contributed by atoms with Gasteiger partial charge >= 0.3 is 0 Å². The fraction of sp³-hybridized carbons (Fsp3) is 0.333. The summed E-state index contributed by atoms with van der Waals surface area (Å²) in [5.41, 5.74) is 7.96. The smallest absolute Gasteiger partial charge is 0.110 e. The molecule has 0 aliphatic carbocycles.